The van der Waals surface area contributed by atoms with Gasteiger partial charge in [-0.2, -0.15) is 0 Å². The third kappa shape index (κ3) is 5.66. The first-order valence-electron chi connectivity index (χ1n) is 11.0. The van der Waals surface area contributed by atoms with Gasteiger partial charge in [0.25, 0.3) is 0 Å². The Labute approximate surface area is 198 Å². The van der Waals surface area contributed by atoms with E-state index in [0.29, 0.717) is 43.2 Å². The van der Waals surface area contributed by atoms with Crippen LogP contribution in [0.4, 0.5) is 0 Å². The molecule has 0 saturated carbocycles. The second-order valence-electron chi connectivity index (χ2n) is 8.13. The molecular formula is C24H29N5O3S. The van der Waals surface area contributed by atoms with Gasteiger partial charge in [-0.1, -0.05) is 68.1 Å². The number of thioether (sulfide) groups is 1. The molecule has 3 aromatic rings. The zero-order chi connectivity index (χ0) is 23.2. The minimum absolute atomic E-state index is 0.0144. The number of morpholine rings is 1. The third-order valence-corrected chi connectivity index (χ3v) is 6.72. The van der Waals surface area contributed by atoms with Gasteiger partial charge in [0, 0.05) is 13.1 Å². The van der Waals surface area contributed by atoms with Crippen LogP contribution in [0.3, 0.4) is 0 Å². The van der Waals surface area contributed by atoms with E-state index in [1.165, 1.54) is 22.0 Å². The summed E-state index contributed by atoms with van der Waals surface area (Å²) in [6, 6.07) is 17.6. The zero-order valence-corrected chi connectivity index (χ0v) is 19.7. The van der Waals surface area contributed by atoms with Crippen LogP contribution in [-0.4, -0.2) is 52.0 Å². The van der Waals surface area contributed by atoms with Crippen molar-refractivity contribution in [3.63, 3.8) is 0 Å². The van der Waals surface area contributed by atoms with E-state index in [4.69, 9.17) is 15.3 Å². The molecule has 1 aliphatic rings. The number of aromatic nitrogens is 3. The van der Waals surface area contributed by atoms with Gasteiger partial charge in [0.2, 0.25) is 11.1 Å². The molecule has 174 valence electrons. The van der Waals surface area contributed by atoms with Crippen LogP contribution in [0.2, 0.25) is 0 Å². The number of benzene rings is 2. The van der Waals surface area contributed by atoms with E-state index >= 15 is 0 Å². The summed E-state index contributed by atoms with van der Waals surface area (Å²) in [6.45, 7) is 6.73. The molecular weight excluding hydrogens is 438 g/mol. The maximum Gasteiger partial charge on any atom is 0.240 e. The number of ether oxygens (including phenoxy) is 2. The molecule has 0 radical (unpaired) electrons. The van der Waals surface area contributed by atoms with Crippen LogP contribution in [-0.2, 0) is 16.1 Å². The lowest BCUT2D eigenvalue weighted by Crippen LogP contribution is -2.42. The summed E-state index contributed by atoms with van der Waals surface area (Å²) in [7, 11) is 0. The number of carbonyl (C=O) groups is 1. The number of nitrogens with zero attached hydrogens (tertiary/aromatic N) is 4. The molecule has 0 spiro atoms. The molecule has 33 heavy (non-hydrogen) atoms. The summed E-state index contributed by atoms with van der Waals surface area (Å²) in [5.41, 5.74) is 2.14. The van der Waals surface area contributed by atoms with Gasteiger partial charge in [0.1, 0.15) is 17.6 Å². The normalized spacial score (nSPS) is 14.9. The molecule has 2 heterocycles. The predicted octanol–water partition coefficient (Wildman–Crippen LogP) is 3.39. The van der Waals surface area contributed by atoms with Crippen molar-refractivity contribution in [2.45, 2.75) is 36.8 Å². The van der Waals surface area contributed by atoms with Crippen LogP contribution < -0.4 is 10.6 Å². The lowest BCUT2D eigenvalue weighted by molar-refractivity contribution is -0.134. The molecule has 1 amide bonds. The van der Waals surface area contributed by atoms with Crippen molar-refractivity contribution in [2.75, 3.05) is 32.1 Å². The van der Waals surface area contributed by atoms with Crippen molar-refractivity contribution in [3.05, 3.63) is 71.5 Å². The Kier molecular flexibility index (Phi) is 7.51. The lowest BCUT2D eigenvalue weighted by atomic mass is 10.0. The summed E-state index contributed by atoms with van der Waals surface area (Å²) >= 11 is 1.29. The van der Waals surface area contributed by atoms with Crippen LogP contribution in [0.5, 0.6) is 5.75 Å². The highest BCUT2D eigenvalue weighted by Gasteiger charge is 2.30. The van der Waals surface area contributed by atoms with Gasteiger partial charge < -0.3 is 20.2 Å². The van der Waals surface area contributed by atoms with Crippen molar-refractivity contribution >= 4 is 17.7 Å². The van der Waals surface area contributed by atoms with E-state index in [0.717, 1.165) is 11.3 Å². The van der Waals surface area contributed by atoms with Crippen LogP contribution in [0.25, 0.3) is 0 Å². The van der Waals surface area contributed by atoms with E-state index in [9.17, 15) is 4.79 Å². The van der Waals surface area contributed by atoms with Crippen molar-refractivity contribution in [1.82, 2.24) is 19.8 Å². The Morgan fingerprint density at radius 2 is 1.76 bits per heavy atom. The lowest BCUT2D eigenvalue weighted by Gasteiger charge is -2.30. The summed E-state index contributed by atoms with van der Waals surface area (Å²) in [5.74, 6) is 7.98. The van der Waals surface area contributed by atoms with E-state index < -0.39 is 5.25 Å². The molecule has 0 aliphatic carbocycles. The van der Waals surface area contributed by atoms with Crippen LogP contribution in [0, 0.1) is 0 Å². The van der Waals surface area contributed by atoms with Crippen molar-refractivity contribution < 1.29 is 14.3 Å². The average Bonchev–Trinajstić information content (AvgIpc) is 3.21. The molecule has 1 atom stereocenters. The molecule has 4 rings (SSSR count). The van der Waals surface area contributed by atoms with Crippen LogP contribution >= 0.6 is 11.8 Å². The minimum Gasteiger partial charge on any atom is -0.486 e. The zero-order valence-electron chi connectivity index (χ0n) is 18.9. The molecule has 8 nitrogen and oxygen atoms in total. The fraction of sp³-hybridized carbons (Fsp3) is 0.375. The Morgan fingerprint density at radius 3 is 2.42 bits per heavy atom. The molecule has 0 bridgehead atoms. The standard InChI is InChI=1S/C24H29N5O3S/c1-17(2)18-8-10-20(11-9-18)32-16-21-26-27-24(29(21)25)33-22(19-6-4-3-5-7-19)23(30)28-12-14-31-15-13-28/h3-11,17,22H,12-16,25H2,1-2H3. The van der Waals surface area contributed by atoms with Gasteiger partial charge in [-0.05, 0) is 29.2 Å². The topological polar surface area (TPSA) is 95.5 Å². The van der Waals surface area contributed by atoms with Gasteiger partial charge >= 0.3 is 0 Å². The number of hydrogen-bond donors (Lipinski definition) is 1. The van der Waals surface area contributed by atoms with Gasteiger partial charge in [0.05, 0.1) is 13.2 Å². The maximum absolute atomic E-state index is 13.3. The smallest absolute Gasteiger partial charge is 0.240 e. The summed E-state index contributed by atoms with van der Waals surface area (Å²) in [5, 5.41) is 8.41. The number of rotatable bonds is 8. The number of carbonyl (C=O) groups excluding carboxylic acids is 1. The number of hydrogen-bond acceptors (Lipinski definition) is 7. The monoisotopic (exact) mass is 467 g/mol. The molecule has 9 heteroatoms. The maximum atomic E-state index is 13.3. The summed E-state index contributed by atoms with van der Waals surface area (Å²) in [4.78, 5) is 15.2. The van der Waals surface area contributed by atoms with Gasteiger partial charge in [-0.25, -0.2) is 4.68 Å². The highest BCUT2D eigenvalue weighted by Crippen LogP contribution is 2.36. The van der Waals surface area contributed by atoms with Crippen LogP contribution in [0.15, 0.2) is 59.8 Å². The first-order valence-corrected chi connectivity index (χ1v) is 11.9. The Morgan fingerprint density at radius 1 is 1.06 bits per heavy atom. The fourth-order valence-corrected chi connectivity index (χ4v) is 4.59. The molecule has 1 unspecified atom stereocenters. The van der Waals surface area contributed by atoms with E-state index in [-0.39, 0.29) is 12.5 Å². The number of nitrogen functional groups attached to an aromatic ring is 1. The SMILES string of the molecule is CC(C)c1ccc(OCc2nnc(SC(C(=O)N3CCOCC3)c3ccccc3)n2N)cc1. The Hall–Kier alpha value is -3.04. The molecule has 2 aromatic carbocycles. The largest absolute Gasteiger partial charge is 0.486 e. The summed E-state index contributed by atoms with van der Waals surface area (Å²) < 4.78 is 12.6. The molecule has 1 aliphatic heterocycles. The second kappa shape index (κ2) is 10.7. The van der Waals surface area contributed by atoms with Crippen molar-refractivity contribution in [3.8, 4) is 5.75 Å². The fourth-order valence-electron chi connectivity index (χ4n) is 3.53. The molecule has 1 aromatic heterocycles. The number of amides is 1. The quantitative estimate of drug-likeness (QED) is 0.401. The first kappa shape index (κ1) is 23.1. The van der Waals surface area contributed by atoms with Crippen LogP contribution in [0.1, 0.15) is 42.0 Å². The van der Waals surface area contributed by atoms with E-state index in [1.54, 1.807) is 0 Å². The van der Waals surface area contributed by atoms with Gasteiger partial charge in [-0.15, -0.1) is 10.2 Å². The average molecular weight is 468 g/mol. The predicted molar refractivity (Wildman–Crippen MR) is 127 cm³/mol. The Balaban J connectivity index is 1.47. The first-order chi connectivity index (χ1) is 16.0. The van der Waals surface area contributed by atoms with E-state index in [1.807, 2.05) is 47.4 Å². The summed E-state index contributed by atoms with van der Waals surface area (Å²) in [6.07, 6.45) is 0. The van der Waals surface area contributed by atoms with Gasteiger partial charge in [0.15, 0.2) is 5.82 Å². The number of nitrogens with two attached hydrogens (primary N) is 1. The van der Waals surface area contributed by atoms with E-state index in [2.05, 4.69) is 36.2 Å². The highest BCUT2D eigenvalue weighted by atomic mass is 32.2. The van der Waals surface area contributed by atoms with Gasteiger partial charge in [-0.3, -0.25) is 4.79 Å². The van der Waals surface area contributed by atoms with Crippen molar-refractivity contribution in [2.24, 2.45) is 0 Å². The molecule has 2 N–H and O–H groups in total. The highest BCUT2D eigenvalue weighted by molar-refractivity contribution is 8.00. The van der Waals surface area contributed by atoms with Crippen molar-refractivity contribution in [1.29, 1.82) is 0 Å². The molecule has 1 saturated heterocycles. The minimum atomic E-state index is -0.479. The third-order valence-electron chi connectivity index (χ3n) is 5.52. The molecule has 1 fully saturated rings. The Bertz CT molecular complexity index is 1050. The second-order valence-corrected chi connectivity index (χ2v) is 9.20.